The number of methoxy groups -OCH3 is 1. The second-order valence-electron chi connectivity index (χ2n) is 3.78. The topological polar surface area (TPSA) is 35.2 Å². The molecule has 2 rings (SSSR count). The van der Waals surface area contributed by atoms with Crippen molar-refractivity contribution < 1.29 is 4.74 Å². The van der Waals surface area contributed by atoms with Crippen molar-refractivity contribution in [2.75, 3.05) is 13.7 Å². The van der Waals surface area contributed by atoms with Gasteiger partial charge in [-0.25, -0.2) is 0 Å². The van der Waals surface area contributed by atoms with Gasteiger partial charge in [-0.05, 0) is 24.3 Å². The van der Waals surface area contributed by atoms with Crippen LogP contribution in [0.2, 0.25) is 0 Å². The zero-order valence-corrected chi connectivity index (χ0v) is 12.3. The van der Waals surface area contributed by atoms with Crippen LogP contribution in [-0.4, -0.2) is 13.7 Å². The summed E-state index contributed by atoms with van der Waals surface area (Å²) in [7, 11) is 1.69. The number of hydrogen-bond donors (Lipinski definition) is 1. The lowest BCUT2D eigenvalue weighted by Crippen LogP contribution is -1.92. The van der Waals surface area contributed by atoms with E-state index in [1.807, 2.05) is 18.2 Å². The van der Waals surface area contributed by atoms with Crippen LogP contribution in [0, 0.1) is 11.8 Å². The van der Waals surface area contributed by atoms with Crippen molar-refractivity contribution in [1.82, 2.24) is 0 Å². The summed E-state index contributed by atoms with van der Waals surface area (Å²) in [5.41, 5.74) is 6.41. The third-order valence-electron chi connectivity index (χ3n) is 2.41. The van der Waals surface area contributed by atoms with Gasteiger partial charge in [-0.2, -0.15) is 0 Å². The van der Waals surface area contributed by atoms with Gasteiger partial charge in [0.2, 0.25) is 0 Å². The van der Waals surface area contributed by atoms with Gasteiger partial charge in [0.25, 0.3) is 0 Å². The van der Waals surface area contributed by atoms with Crippen LogP contribution < -0.4 is 10.5 Å². The van der Waals surface area contributed by atoms with Gasteiger partial charge < -0.3 is 10.5 Å². The second kappa shape index (κ2) is 7.25. The standard InChI is InChI=1S/C15H15NOS2/c1-17-13-5-2-6-14(9-13)19-11-15-8-12(10-18-15)4-3-7-16/h2,5-6,8-10H,7,11,16H2,1H3. The monoisotopic (exact) mass is 289 g/mol. The fourth-order valence-electron chi connectivity index (χ4n) is 1.52. The normalized spacial score (nSPS) is 9.79. The van der Waals surface area contributed by atoms with Crippen LogP contribution in [0.3, 0.4) is 0 Å². The highest BCUT2D eigenvalue weighted by atomic mass is 32.2. The molecule has 0 unspecified atom stereocenters. The van der Waals surface area contributed by atoms with E-state index < -0.39 is 0 Å². The molecule has 0 saturated heterocycles. The van der Waals surface area contributed by atoms with Crippen LogP contribution in [0.5, 0.6) is 5.75 Å². The number of ether oxygens (including phenoxy) is 1. The number of thiophene rings is 1. The number of nitrogens with two attached hydrogens (primary N) is 1. The summed E-state index contributed by atoms with van der Waals surface area (Å²) in [6.07, 6.45) is 0. The fourth-order valence-corrected chi connectivity index (χ4v) is 3.34. The lowest BCUT2D eigenvalue weighted by Gasteiger charge is -2.03. The zero-order valence-electron chi connectivity index (χ0n) is 10.7. The average molecular weight is 289 g/mol. The van der Waals surface area contributed by atoms with Gasteiger partial charge in [0.05, 0.1) is 13.7 Å². The molecule has 0 aliphatic rings. The molecule has 0 spiro atoms. The summed E-state index contributed by atoms with van der Waals surface area (Å²) >= 11 is 3.53. The van der Waals surface area contributed by atoms with Gasteiger partial charge in [0.15, 0.2) is 0 Å². The first kappa shape index (κ1) is 14.0. The van der Waals surface area contributed by atoms with Gasteiger partial charge in [-0.1, -0.05) is 17.9 Å². The second-order valence-corrected chi connectivity index (χ2v) is 5.82. The van der Waals surface area contributed by atoms with E-state index in [9.17, 15) is 0 Å². The molecule has 4 heteroatoms. The number of hydrogen-bond acceptors (Lipinski definition) is 4. The van der Waals surface area contributed by atoms with E-state index in [1.54, 1.807) is 30.2 Å². The van der Waals surface area contributed by atoms with E-state index in [1.165, 1.54) is 9.77 Å². The highest BCUT2D eigenvalue weighted by molar-refractivity contribution is 7.98. The highest BCUT2D eigenvalue weighted by Crippen LogP contribution is 2.28. The van der Waals surface area contributed by atoms with Crippen molar-refractivity contribution in [2.45, 2.75) is 10.6 Å². The Hall–Kier alpha value is -1.41. The summed E-state index contributed by atoms with van der Waals surface area (Å²) < 4.78 is 5.21. The fraction of sp³-hybridized carbons (Fsp3) is 0.200. The summed E-state index contributed by atoms with van der Waals surface area (Å²) in [5.74, 6) is 7.76. The van der Waals surface area contributed by atoms with Crippen LogP contribution in [-0.2, 0) is 5.75 Å². The molecule has 1 aromatic carbocycles. The van der Waals surface area contributed by atoms with Crippen LogP contribution in [0.25, 0.3) is 0 Å². The molecular formula is C15H15NOS2. The molecule has 1 heterocycles. The smallest absolute Gasteiger partial charge is 0.119 e. The van der Waals surface area contributed by atoms with Gasteiger partial charge >= 0.3 is 0 Å². The maximum Gasteiger partial charge on any atom is 0.119 e. The maximum atomic E-state index is 5.36. The first-order valence-corrected chi connectivity index (χ1v) is 7.71. The van der Waals surface area contributed by atoms with Crippen LogP contribution in [0.15, 0.2) is 40.6 Å². The molecule has 0 aliphatic carbocycles. The summed E-state index contributed by atoms with van der Waals surface area (Å²) in [5, 5.41) is 2.07. The van der Waals surface area contributed by atoms with Crippen molar-refractivity contribution in [3.8, 4) is 17.6 Å². The molecular weight excluding hydrogens is 274 g/mol. The van der Waals surface area contributed by atoms with E-state index in [2.05, 4.69) is 29.4 Å². The van der Waals surface area contributed by atoms with Gasteiger partial charge in [0.1, 0.15) is 5.75 Å². The number of benzene rings is 1. The average Bonchev–Trinajstić information content (AvgIpc) is 2.91. The molecule has 0 bridgehead atoms. The maximum absolute atomic E-state index is 5.36. The molecule has 19 heavy (non-hydrogen) atoms. The summed E-state index contributed by atoms with van der Waals surface area (Å²) in [6, 6.07) is 10.2. The Morgan fingerprint density at radius 3 is 3.05 bits per heavy atom. The molecule has 98 valence electrons. The lowest BCUT2D eigenvalue weighted by molar-refractivity contribution is 0.413. The molecule has 0 radical (unpaired) electrons. The molecule has 2 aromatic rings. The number of thioether (sulfide) groups is 1. The third-order valence-corrected chi connectivity index (χ3v) is 4.57. The molecule has 0 amide bonds. The SMILES string of the molecule is COc1cccc(SCc2cc(C#CCN)cs2)c1. The molecule has 0 aliphatic heterocycles. The zero-order chi connectivity index (χ0) is 13.5. The molecule has 1 aromatic heterocycles. The van der Waals surface area contributed by atoms with Crippen LogP contribution >= 0.6 is 23.1 Å². The Bertz CT molecular complexity index is 595. The minimum absolute atomic E-state index is 0.406. The summed E-state index contributed by atoms with van der Waals surface area (Å²) in [4.78, 5) is 2.52. The Labute approximate surface area is 122 Å². The third kappa shape index (κ3) is 4.32. The summed E-state index contributed by atoms with van der Waals surface area (Å²) in [6.45, 7) is 0.406. The van der Waals surface area contributed by atoms with Crippen LogP contribution in [0.1, 0.15) is 10.4 Å². The minimum Gasteiger partial charge on any atom is -0.497 e. The van der Waals surface area contributed by atoms with Crippen molar-refractivity contribution in [3.05, 3.63) is 46.2 Å². The van der Waals surface area contributed by atoms with Crippen molar-refractivity contribution in [2.24, 2.45) is 5.73 Å². The van der Waals surface area contributed by atoms with E-state index in [0.29, 0.717) is 6.54 Å². The van der Waals surface area contributed by atoms with Crippen LogP contribution in [0.4, 0.5) is 0 Å². The van der Waals surface area contributed by atoms with Gasteiger partial charge in [-0.3, -0.25) is 0 Å². The lowest BCUT2D eigenvalue weighted by atomic mass is 10.3. The van der Waals surface area contributed by atoms with Crippen molar-refractivity contribution >= 4 is 23.1 Å². The predicted molar refractivity (Wildman–Crippen MR) is 82.8 cm³/mol. The molecule has 2 N–H and O–H groups in total. The van der Waals surface area contributed by atoms with E-state index in [0.717, 1.165) is 17.1 Å². The van der Waals surface area contributed by atoms with Crippen molar-refractivity contribution in [3.63, 3.8) is 0 Å². The quantitative estimate of drug-likeness (QED) is 0.692. The Morgan fingerprint density at radius 1 is 1.37 bits per heavy atom. The molecule has 0 fully saturated rings. The van der Waals surface area contributed by atoms with E-state index >= 15 is 0 Å². The van der Waals surface area contributed by atoms with E-state index in [-0.39, 0.29) is 0 Å². The first-order valence-electron chi connectivity index (χ1n) is 5.85. The minimum atomic E-state index is 0.406. The Kier molecular flexibility index (Phi) is 5.34. The van der Waals surface area contributed by atoms with Crippen molar-refractivity contribution in [1.29, 1.82) is 0 Å². The van der Waals surface area contributed by atoms with Gasteiger partial charge in [-0.15, -0.1) is 23.1 Å². The van der Waals surface area contributed by atoms with Gasteiger partial charge in [0, 0.05) is 26.5 Å². The number of rotatable bonds is 4. The highest BCUT2D eigenvalue weighted by Gasteiger charge is 2.01. The Morgan fingerprint density at radius 2 is 2.26 bits per heavy atom. The first-order chi connectivity index (χ1) is 9.31. The van der Waals surface area contributed by atoms with E-state index in [4.69, 9.17) is 10.5 Å². The predicted octanol–water partition coefficient (Wildman–Crippen LogP) is 3.36. The molecule has 2 nitrogen and oxygen atoms in total. The largest absolute Gasteiger partial charge is 0.497 e. The molecule has 0 atom stereocenters. The molecule has 0 saturated carbocycles. The Balaban J connectivity index is 1.96.